The van der Waals surface area contributed by atoms with Crippen molar-refractivity contribution in [3.63, 3.8) is 0 Å². The summed E-state index contributed by atoms with van der Waals surface area (Å²) in [5.74, 6) is 0.328. The quantitative estimate of drug-likeness (QED) is 0.621. The van der Waals surface area contributed by atoms with Crippen molar-refractivity contribution in [1.82, 2.24) is 19.9 Å². The number of ether oxygens (including phenoxy) is 1. The maximum atomic E-state index is 13.1. The number of carbonyl (C=O) groups excluding carboxylic acids is 1. The number of nitrogens with two attached hydrogens (primary N) is 1. The van der Waals surface area contributed by atoms with E-state index in [2.05, 4.69) is 15.8 Å². The van der Waals surface area contributed by atoms with E-state index in [0.29, 0.717) is 40.3 Å². The molecule has 8 nitrogen and oxygen atoms in total. The SMILES string of the molecule is CN.CN(C)C(=O)c1ccc(-c2cncc(C3OC(c4ccccc4)=NN3C)n2)c(/C=C/F)c1. The molecule has 4 rings (SSSR count). The molecule has 3 aromatic rings. The zero-order valence-electron chi connectivity index (χ0n) is 19.5. The van der Waals surface area contributed by atoms with Crippen LogP contribution in [0.25, 0.3) is 17.3 Å². The third-order valence-corrected chi connectivity index (χ3v) is 4.96. The summed E-state index contributed by atoms with van der Waals surface area (Å²) in [5, 5.41) is 6.15. The fourth-order valence-corrected chi connectivity index (χ4v) is 3.38. The monoisotopic (exact) mass is 462 g/mol. The number of halogens is 1. The largest absolute Gasteiger partial charge is 0.444 e. The second-order valence-corrected chi connectivity index (χ2v) is 7.44. The third kappa shape index (κ3) is 5.26. The molecule has 0 bridgehead atoms. The number of hydrogen-bond donors (Lipinski definition) is 1. The lowest BCUT2D eigenvalue weighted by Crippen LogP contribution is -2.21. The molecule has 0 saturated heterocycles. The Morgan fingerprint density at radius 1 is 1.15 bits per heavy atom. The summed E-state index contributed by atoms with van der Waals surface area (Å²) in [6.45, 7) is 0. The molecular weight excluding hydrogens is 435 g/mol. The molecular formula is C25H27FN6O2. The Morgan fingerprint density at radius 2 is 1.88 bits per heavy atom. The molecule has 1 aromatic heterocycles. The Kier molecular flexibility index (Phi) is 8.05. The van der Waals surface area contributed by atoms with E-state index >= 15 is 0 Å². The first-order valence-corrected chi connectivity index (χ1v) is 10.5. The Labute approximate surface area is 198 Å². The number of aromatic nitrogens is 2. The summed E-state index contributed by atoms with van der Waals surface area (Å²) in [5.41, 5.74) is 8.08. The summed E-state index contributed by atoms with van der Waals surface area (Å²) in [6.07, 6.45) is 4.39. The number of benzene rings is 2. The molecule has 2 heterocycles. The molecule has 0 saturated carbocycles. The Hall–Kier alpha value is -4.11. The van der Waals surface area contributed by atoms with Crippen LogP contribution in [0.2, 0.25) is 0 Å². The van der Waals surface area contributed by atoms with Crippen LogP contribution in [-0.2, 0) is 4.74 Å². The van der Waals surface area contributed by atoms with Crippen LogP contribution < -0.4 is 5.73 Å². The third-order valence-electron chi connectivity index (χ3n) is 4.96. The molecule has 1 aliphatic heterocycles. The van der Waals surface area contributed by atoms with Crippen molar-refractivity contribution in [1.29, 1.82) is 0 Å². The smallest absolute Gasteiger partial charge is 0.253 e. The summed E-state index contributed by atoms with van der Waals surface area (Å²) >= 11 is 0. The Morgan fingerprint density at radius 3 is 2.56 bits per heavy atom. The van der Waals surface area contributed by atoms with E-state index in [1.807, 2.05) is 30.3 Å². The van der Waals surface area contributed by atoms with Gasteiger partial charge in [0.2, 0.25) is 12.1 Å². The lowest BCUT2D eigenvalue weighted by molar-refractivity contribution is 0.0736. The Balaban J connectivity index is 0.00000158. The van der Waals surface area contributed by atoms with Crippen LogP contribution in [0.1, 0.15) is 33.4 Å². The van der Waals surface area contributed by atoms with Crippen LogP contribution in [0.3, 0.4) is 0 Å². The van der Waals surface area contributed by atoms with Crippen LogP contribution in [0.4, 0.5) is 4.39 Å². The highest BCUT2D eigenvalue weighted by atomic mass is 19.1. The fourth-order valence-electron chi connectivity index (χ4n) is 3.38. The summed E-state index contributed by atoms with van der Waals surface area (Å²) < 4.78 is 19.1. The molecule has 0 spiro atoms. The topological polar surface area (TPSA) is 96.9 Å². The zero-order valence-corrected chi connectivity index (χ0v) is 19.5. The van der Waals surface area contributed by atoms with Crippen molar-refractivity contribution in [3.8, 4) is 11.3 Å². The molecule has 176 valence electrons. The van der Waals surface area contributed by atoms with Crippen LogP contribution in [0, 0.1) is 0 Å². The molecule has 1 aliphatic rings. The van der Waals surface area contributed by atoms with Gasteiger partial charge in [-0.3, -0.25) is 14.8 Å². The maximum Gasteiger partial charge on any atom is 0.253 e. The molecule has 0 aliphatic carbocycles. The van der Waals surface area contributed by atoms with Gasteiger partial charge in [-0.1, -0.05) is 24.3 Å². The van der Waals surface area contributed by atoms with Crippen LogP contribution in [0.15, 0.2) is 72.4 Å². The van der Waals surface area contributed by atoms with E-state index in [1.165, 1.54) is 18.0 Å². The van der Waals surface area contributed by atoms with Crippen LogP contribution >= 0.6 is 0 Å². The molecule has 34 heavy (non-hydrogen) atoms. The molecule has 1 amide bonds. The minimum atomic E-state index is -0.549. The number of hydrazone groups is 1. The first-order valence-electron chi connectivity index (χ1n) is 10.5. The highest BCUT2D eigenvalue weighted by Crippen LogP contribution is 2.30. The van der Waals surface area contributed by atoms with E-state index < -0.39 is 6.23 Å². The molecule has 2 aromatic carbocycles. The predicted octanol–water partition coefficient (Wildman–Crippen LogP) is 3.68. The van der Waals surface area contributed by atoms with Gasteiger partial charge in [0.25, 0.3) is 5.91 Å². The van der Waals surface area contributed by atoms with Gasteiger partial charge in [-0.25, -0.2) is 9.37 Å². The molecule has 1 atom stereocenters. The van der Waals surface area contributed by atoms with Crippen molar-refractivity contribution in [2.24, 2.45) is 10.8 Å². The zero-order chi connectivity index (χ0) is 24.7. The molecule has 9 heteroatoms. The lowest BCUT2D eigenvalue weighted by Gasteiger charge is -2.18. The van der Waals surface area contributed by atoms with Crippen molar-refractivity contribution < 1.29 is 13.9 Å². The van der Waals surface area contributed by atoms with Crippen molar-refractivity contribution in [2.45, 2.75) is 6.23 Å². The first-order chi connectivity index (χ1) is 16.5. The molecule has 1 unspecified atom stereocenters. The van der Waals surface area contributed by atoms with E-state index in [0.717, 1.165) is 5.56 Å². The first kappa shape index (κ1) is 24.5. The van der Waals surface area contributed by atoms with Gasteiger partial charge in [0.05, 0.1) is 24.4 Å². The van der Waals surface area contributed by atoms with Gasteiger partial charge in [-0.05, 0) is 43.0 Å². The van der Waals surface area contributed by atoms with Gasteiger partial charge in [-0.15, -0.1) is 5.10 Å². The Bertz CT molecular complexity index is 1200. The van der Waals surface area contributed by atoms with Gasteiger partial charge in [0, 0.05) is 37.8 Å². The predicted molar refractivity (Wildman–Crippen MR) is 130 cm³/mol. The van der Waals surface area contributed by atoms with Crippen LogP contribution in [0.5, 0.6) is 0 Å². The maximum absolute atomic E-state index is 13.1. The number of carbonyl (C=O) groups is 1. The lowest BCUT2D eigenvalue weighted by atomic mass is 10.0. The highest BCUT2D eigenvalue weighted by molar-refractivity contribution is 5.96. The standard InChI is InChI=1S/C24H22FN5O2.CH5N/c1-29(2)23(31)18-9-10-19(17(13-18)11-12-25)20-14-26-15-21(27-20)24-30(3)28-22(32-24)16-7-5-4-6-8-16;1-2/h4-15,24H,1-3H3;2H2,1H3/b12-11+;. The molecule has 2 N–H and O–H groups in total. The number of amides is 1. The van der Waals surface area contributed by atoms with Crippen LogP contribution in [-0.4, -0.2) is 59.9 Å². The van der Waals surface area contributed by atoms with Crippen molar-refractivity contribution >= 4 is 17.9 Å². The summed E-state index contributed by atoms with van der Waals surface area (Å²) in [7, 11) is 6.63. The summed E-state index contributed by atoms with van der Waals surface area (Å²) in [6, 6.07) is 14.7. The fraction of sp³-hybridized carbons (Fsp3) is 0.200. The van der Waals surface area contributed by atoms with Gasteiger partial charge < -0.3 is 15.4 Å². The van der Waals surface area contributed by atoms with E-state index in [-0.39, 0.29) is 5.91 Å². The van der Waals surface area contributed by atoms with Gasteiger partial charge >= 0.3 is 0 Å². The van der Waals surface area contributed by atoms with E-state index in [9.17, 15) is 9.18 Å². The van der Waals surface area contributed by atoms with Crippen molar-refractivity contribution in [2.75, 3.05) is 28.2 Å². The highest BCUT2D eigenvalue weighted by Gasteiger charge is 2.29. The van der Waals surface area contributed by atoms with Gasteiger partial charge in [0.1, 0.15) is 5.69 Å². The molecule has 0 fully saturated rings. The van der Waals surface area contributed by atoms with E-state index in [4.69, 9.17) is 9.72 Å². The average Bonchev–Trinajstić information content (AvgIpc) is 3.27. The molecule has 0 radical (unpaired) electrons. The van der Waals surface area contributed by atoms with Crippen molar-refractivity contribution in [3.05, 3.63) is 89.6 Å². The van der Waals surface area contributed by atoms with Gasteiger partial charge in [0.15, 0.2) is 0 Å². The number of hydrogen-bond acceptors (Lipinski definition) is 7. The average molecular weight is 463 g/mol. The van der Waals surface area contributed by atoms with Gasteiger partial charge in [-0.2, -0.15) is 0 Å². The van der Waals surface area contributed by atoms with E-state index in [1.54, 1.807) is 56.7 Å². The number of rotatable bonds is 5. The minimum Gasteiger partial charge on any atom is -0.444 e. The number of nitrogens with zero attached hydrogens (tertiary/aromatic N) is 5. The summed E-state index contributed by atoms with van der Waals surface area (Å²) in [4.78, 5) is 22.8. The second-order valence-electron chi connectivity index (χ2n) is 7.44. The minimum absolute atomic E-state index is 0.170. The normalized spacial score (nSPS) is 14.8. The second kappa shape index (κ2) is 11.2.